The molecule has 0 fully saturated rings. The molecule has 2 aromatic rings. The Bertz CT molecular complexity index is 762. The number of rotatable bonds is 11. The van der Waals surface area contributed by atoms with Crippen molar-refractivity contribution in [2.45, 2.75) is 58.5 Å². The molecule has 2 aromatic carbocycles. The number of nitrogens with one attached hydrogen (secondary N) is 1. The van der Waals surface area contributed by atoms with Crippen molar-refractivity contribution in [2.75, 3.05) is 6.54 Å². The molecule has 0 aliphatic carbocycles. The molecule has 0 aliphatic rings. The van der Waals surface area contributed by atoms with E-state index in [2.05, 4.69) is 28.2 Å². The molecule has 1 N–H and O–H groups in total. The van der Waals surface area contributed by atoms with Crippen LogP contribution in [0.5, 0.6) is 0 Å². The van der Waals surface area contributed by atoms with Crippen molar-refractivity contribution < 1.29 is 9.59 Å². The first-order valence-electron chi connectivity index (χ1n) is 10.4. The molecule has 0 saturated heterocycles. The van der Waals surface area contributed by atoms with Gasteiger partial charge in [-0.15, -0.1) is 0 Å². The molecule has 156 valence electrons. The lowest BCUT2D eigenvalue weighted by atomic mass is 10.0. The lowest BCUT2D eigenvalue weighted by Crippen LogP contribution is -2.50. The Morgan fingerprint density at radius 3 is 2.28 bits per heavy atom. The highest BCUT2D eigenvalue weighted by Gasteiger charge is 2.29. The first-order chi connectivity index (χ1) is 14.0. The maximum absolute atomic E-state index is 13.1. The normalized spacial score (nSPS) is 11.7. The number of carbonyl (C=O) groups excluding carboxylic acids is 2. The first-order valence-corrected chi connectivity index (χ1v) is 11.2. The van der Waals surface area contributed by atoms with Crippen molar-refractivity contribution in [1.29, 1.82) is 0 Å². The van der Waals surface area contributed by atoms with Crippen LogP contribution in [0.1, 0.15) is 50.7 Å². The molecular formula is C24H31BrN2O2. The molecule has 4 nitrogen and oxygen atoms in total. The summed E-state index contributed by atoms with van der Waals surface area (Å²) in [7, 11) is 0. The van der Waals surface area contributed by atoms with Crippen molar-refractivity contribution in [3.63, 3.8) is 0 Å². The lowest BCUT2D eigenvalue weighted by Gasteiger charge is -2.31. The Morgan fingerprint density at radius 1 is 0.966 bits per heavy atom. The third-order valence-corrected chi connectivity index (χ3v) is 5.36. The summed E-state index contributed by atoms with van der Waals surface area (Å²) in [6, 6.07) is 17.3. The van der Waals surface area contributed by atoms with E-state index in [1.807, 2.05) is 61.5 Å². The summed E-state index contributed by atoms with van der Waals surface area (Å²) in [5.41, 5.74) is 2.06. The van der Waals surface area contributed by atoms with Gasteiger partial charge in [0.05, 0.1) is 0 Å². The van der Waals surface area contributed by atoms with E-state index >= 15 is 0 Å². The van der Waals surface area contributed by atoms with Crippen LogP contribution in [0.25, 0.3) is 0 Å². The first kappa shape index (κ1) is 23.1. The van der Waals surface area contributed by atoms with Crippen molar-refractivity contribution in [1.82, 2.24) is 10.2 Å². The van der Waals surface area contributed by atoms with Gasteiger partial charge >= 0.3 is 0 Å². The van der Waals surface area contributed by atoms with Gasteiger partial charge in [-0.1, -0.05) is 78.7 Å². The van der Waals surface area contributed by atoms with E-state index in [1.165, 1.54) is 0 Å². The minimum absolute atomic E-state index is 0.0157. The van der Waals surface area contributed by atoms with Crippen molar-refractivity contribution in [3.05, 3.63) is 70.2 Å². The zero-order valence-corrected chi connectivity index (χ0v) is 19.0. The fraction of sp³-hybridized carbons (Fsp3) is 0.417. The van der Waals surface area contributed by atoms with Gasteiger partial charge in [0.25, 0.3) is 0 Å². The van der Waals surface area contributed by atoms with Crippen LogP contribution in [0.15, 0.2) is 59.1 Å². The van der Waals surface area contributed by atoms with Crippen LogP contribution >= 0.6 is 15.9 Å². The number of hydrogen-bond donors (Lipinski definition) is 1. The number of hydrogen-bond acceptors (Lipinski definition) is 2. The molecule has 0 saturated carbocycles. The van der Waals surface area contributed by atoms with Gasteiger partial charge in [0.2, 0.25) is 11.8 Å². The van der Waals surface area contributed by atoms with Crippen LogP contribution in [0.4, 0.5) is 0 Å². The van der Waals surface area contributed by atoms with Gasteiger partial charge in [-0.25, -0.2) is 0 Å². The molecule has 0 spiro atoms. The summed E-state index contributed by atoms with van der Waals surface area (Å²) in [6.07, 6.45) is 3.64. The lowest BCUT2D eigenvalue weighted by molar-refractivity contribution is -0.141. The number of amides is 2. The number of unbranched alkanes of at least 4 members (excludes halogenated alkanes) is 1. The summed E-state index contributed by atoms with van der Waals surface area (Å²) < 4.78 is 0.992. The van der Waals surface area contributed by atoms with Crippen molar-refractivity contribution in [2.24, 2.45) is 0 Å². The summed E-state index contributed by atoms with van der Waals surface area (Å²) in [6.45, 7) is 5.14. The quantitative estimate of drug-likeness (QED) is 0.475. The van der Waals surface area contributed by atoms with Gasteiger partial charge in [0.15, 0.2) is 0 Å². The summed E-state index contributed by atoms with van der Waals surface area (Å²) in [5, 5.41) is 3.04. The van der Waals surface area contributed by atoms with Gasteiger partial charge in [-0.2, -0.15) is 0 Å². The average molecular weight is 459 g/mol. The SMILES string of the molecule is CCCCNC(=O)[C@@H](Cc1ccccc1)N(Cc1ccc(Br)cc1)C(=O)CCC. The van der Waals surface area contributed by atoms with Crippen LogP contribution in [-0.2, 0) is 22.6 Å². The van der Waals surface area contributed by atoms with Gasteiger partial charge in [0.1, 0.15) is 6.04 Å². The molecule has 0 bridgehead atoms. The van der Waals surface area contributed by atoms with E-state index in [1.54, 1.807) is 4.90 Å². The molecule has 0 radical (unpaired) electrons. The Balaban J connectivity index is 2.30. The number of nitrogens with zero attached hydrogens (tertiary/aromatic N) is 1. The number of carbonyl (C=O) groups is 2. The minimum Gasteiger partial charge on any atom is -0.354 e. The minimum atomic E-state index is -0.531. The highest BCUT2D eigenvalue weighted by Crippen LogP contribution is 2.18. The highest BCUT2D eigenvalue weighted by atomic mass is 79.9. The standard InChI is InChI=1S/C24H31BrN2O2/c1-3-5-16-26-24(29)22(17-19-10-7-6-8-11-19)27(23(28)9-4-2)18-20-12-14-21(25)15-13-20/h6-8,10-15,22H,3-5,9,16-18H2,1-2H3,(H,26,29)/t22-/m1/s1. The molecule has 0 aliphatic heterocycles. The van der Waals surface area contributed by atoms with Crippen LogP contribution in [0.2, 0.25) is 0 Å². The molecule has 0 heterocycles. The third kappa shape index (κ3) is 7.65. The Labute approximate surface area is 182 Å². The van der Waals surface area contributed by atoms with Gasteiger partial charge in [-0.05, 0) is 36.1 Å². The van der Waals surface area contributed by atoms with E-state index in [-0.39, 0.29) is 11.8 Å². The van der Waals surface area contributed by atoms with E-state index in [0.29, 0.717) is 25.9 Å². The van der Waals surface area contributed by atoms with E-state index in [0.717, 1.165) is 34.9 Å². The molecule has 0 aromatic heterocycles. The zero-order chi connectivity index (χ0) is 21.1. The van der Waals surface area contributed by atoms with Crippen molar-refractivity contribution in [3.8, 4) is 0 Å². The smallest absolute Gasteiger partial charge is 0.243 e. The highest BCUT2D eigenvalue weighted by molar-refractivity contribution is 9.10. The molecular weight excluding hydrogens is 428 g/mol. The third-order valence-electron chi connectivity index (χ3n) is 4.83. The number of halogens is 1. The van der Waals surface area contributed by atoms with Crippen LogP contribution < -0.4 is 5.32 Å². The summed E-state index contributed by atoms with van der Waals surface area (Å²) in [4.78, 5) is 27.9. The average Bonchev–Trinajstić information content (AvgIpc) is 2.73. The number of benzene rings is 2. The maximum Gasteiger partial charge on any atom is 0.243 e. The summed E-state index contributed by atoms with van der Waals surface area (Å²) in [5.74, 6) is -0.0640. The Morgan fingerprint density at radius 2 is 1.66 bits per heavy atom. The van der Waals surface area contributed by atoms with Crippen molar-refractivity contribution >= 4 is 27.7 Å². The molecule has 1 atom stereocenters. The van der Waals surface area contributed by atoms with E-state index < -0.39 is 6.04 Å². The second kappa shape index (κ2) is 12.4. The molecule has 2 rings (SSSR count). The summed E-state index contributed by atoms with van der Waals surface area (Å²) >= 11 is 3.45. The Hall–Kier alpha value is -2.14. The van der Waals surface area contributed by atoms with E-state index in [4.69, 9.17) is 0 Å². The topological polar surface area (TPSA) is 49.4 Å². The van der Waals surface area contributed by atoms with Crippen LogP contribution in [0.3, 0.4) is 0 Å². The molecule has 2 amide bonds. The molecule has 5 heteroatoms. The van der Waals surface area contributed by atoms with Gasteiger partial charge < -0.3 is 10.2 Å². The zero-order valence-electron chi connectivity index (χ0n) is 17.4. The monoisotopic (exact) mass is 458 g/mol. The molecule has 0 unspecified atom stereocenters. The van der Waals surface area contributed by atoms with Gasteiger partial charge in [-0.3, -0.25) is 9.59 Å². The second-order valence-corrected chi connectivity index (χ2v) is 8.16. The predicted octanol–water partition coefficient (Wildman–Crippen LogP) is 5.11. The Kier molecular flexibility index (Phi) is 9.92. The van der Waals surface area contributed by atoms with E-state index in [9.17, 15) is 9.59 Å². The fourth-order valence-electron chi connectivity index (χ4n) is 3.20. The molecule has 29 heavy (non-hydrogen) atoms. The van der Waals surface area contributed by atoms with Gasteiger partial charge in [0, 0.05) is 30.4 Å². The van der Waals surface area contributed by atoms with Crippen LogP contribution in [0, 0.1) is 0 Å². The predicted molar refractivity (Wildman–Crippen MR) is 121 cm³/mol. The maximum atomic E-state index is 13.1. The fourth-order valence-corrected chi connectivity index (χ4v) is 3.47. The largest absolute Gasteiger partial charge is 0.354 e. The van der Waals surface area contributed by atoms with Crippen LogP contribution in [-0.4, -0.2) is 29.3 Å². The second-order valence-electron chi connectivity index (χ2n) is 7.25.